The van der Waals surface area contributed by atoms with Crippen LogP contribution in [0.15, 0.2) is 24.3 Å². The number of carbonyl (C=O) groups is 1. The summed E-state index contributed by atoms with van der Waals surface area (Å²) in [5, 5.41) is 6.31. The SMILES string of the molecule is CN(C)CCCNC(=O)C1Cc2ccccc2CN1. The molecule has 1 aliphatic heterocycles. The number of amides is 1. The van der Waals surface area contributed by atoms with E-state index in [1.807, 2.05) is 26.2 Å². The van der Waals surface area contributed by atoms with E-state index in [2.05, 4.69) is 27.7 Å². The first kappa shape index (κ1) is 14.0. The molecule has 0 radical (unpaired) electrons. The van der Waals surface area contributed by atoms with E-state index in [1.165, 1.54) is 11.1 Å². The van der Waals surface area contributed by atoms with Gasteiger partial charge in [-0.3, -0.25) is 4.79 Å². The van der Waals surface area contributed by atoms with Crippen molar-refractivity contribution < 1.29 is 4.79 Å². The lowest BCUT2D eigenvalue weighted by molar-refractivity contribution is -0.123. The Balaban J connectivity index is 1.79. The predicted octanol–water partition coefficient (Wildman–Crippen LogP) is 0.769. The molecule has 0 saturated heterocycles. The third-order valence-electron chi connectivity index (χ3n) is 3.48. The fourth-order valence-electron chi connectivity index (χ4n) is 2.37. The number of hydrogen-bond donors (Lipinski definition) is 2. The Morgan fingerprint density at radius 3 is 2.84 bits per heavy atom. The van der Waals surface area contributed by atoms with Gasteiger partial charge in [-0.25, -0.2) is 0 Å². The summed E-state index contributed by atoms with van der Waals surface area (Å²) in [4.78, 5) is 14.2. The smallest absolute Gasteiger partial charge is 0.237 e. The Morgan fingerprint density at radius 2 is 2.11 bits per heavy atom. The summed E-state index contributed by atoms with van der Waals surface area (Å²) in [5.74, 6) is 0.119. The molecular formula is C15H23N3O. The van der Waals surface area contributed by atoms with E-state index >= 15 is 0 Å². The van der Waals surface area contributed by atoms with Crippen LogP contribution in [0.4, 0.5) is 0 Å². The molecule has 104 valence electrons. The molecule has 0 spiro atoms. The standard InChI is InChI=1S/C15H23N3O/c1-18(2)9-5-8-16-15(19)14-10-12-6-3-4-7-13(12)11-17-14/h3-4,6-7,14,17H,5,8-11H2,1-2H3,(H,16,19). The van der Waals surface area contributed by atoms with Gasteiger partial charge in [-0.2, -0.15) is 0 Å². The van der Waals surface area contributed by atoms with Crippen LogP contribution in [-0.4, -0.2) is 44.0 Å². The Labute approximate surface area is 115 Å². The molecule has 1 aromatic carbocycles. The molecule has 1 aromatic rings. The lowest BCUT2D eigenvalue weighted by Gasteiger charge is -2.25. The number of nitrogens with zero attached hydrogens (tertiary/aromatic N) is 1. The van der Waals surface area contributed by atoms with Crippen molar-refractivity contribution >= 4 is 5.91 Å². The summed E-state index contributed by atoms with van der Waals surface area (Å²) in [6, 6.07) is 8.23. The molecule has 1 atom stereocenters. The Kier molecular flexibility index (Phi) is 4.93. The summed E-state index contributed by atoms with van der Waals surface area (Å²) in [7, 11) is 4.09. The highest BCUT2D eigenvalue weighted by molar-refractivity contribution is 5.82. The van der Waals surface area contributed by atoms with E-state index < -0.39 is 0 Å². The van der Waals surface area contributed by atoms with Gasteiger partial charge in [0, 0.05) is 13.1 Å². The van der Waals surface area contributed by atoms with Crippen LogP contribution in [0.5, 0.6) is 0 Å². The lowest BCUT2D eigenvalue weighted by Crippen LogP contribution is -2.48. The number of fused-ring (bicyclic) bond motifs is 1. The van der Waals surface area contributed by atoms with Gasteiger partial charge < -0.3 is 15.5 Å². The molecular weight excluding hydrogens is 238 g/mol. The van der Waals surface area contributed by atoms with Crippen LogP contribution in [0, 0.1) is 0 Å². The Bertz CT molecular complexity index is 431. The van der Waals surface area contributed by atoms with Crippen LogP contribution >= 0.6 is 0 Å². The van der Waals surface area contributed by atoms with Gasteiger partial charge >= 0.3 is 0 Å². The highest BCUT2D eigenvalue weighted by Gasteiger charge is 2.23. The Morgan fingerprint density at radius 1 is 1.37 bits per heavy atom. The molecule has 19 heavy (non-hydrogen) atoms. The maximum absolute atomic E-state index is 12.1. The van der Waals surface area contributed by atoms with Crippen LogP contribution in [0.2, 0.25) is 0 Å². The summed E-state index contributed by atoms with van der Waals surface area (Å²) in [5.41, 5.74) is 2.59. The minimum atomic E-state index is -0.0887. The second-order valence-electron chi connectivity index (χ2n) is 5.35. The van der Waals surface area contributed by atoms with Crippen molar-refractivity contribution in [1.29, 1.82) is 0 Å². The van der Waals surface area contributed by atoms with Crippen LogP contribution in [0.25, 0.3) is 0 Å². The number of hydrogen-bond acceptors (Lipinski definition) is 3. The van der Waals surface area contributed by atoms with E-state index in [9.17, 15) is 4.79 Å². The second-order valence-corrected chi connectivity index (χ2v) is 5.35. The van der Waals surface area contributed by atoms with Crippen LogP contribution in [0.3, 0.4) is 0 Å². The van der Waals surface area contributed by atoms with E-state index in [4.69, 9.17) is 0 Å². The first-order valence-corrected chi connectivity index (χ1v) is 6.89. The largest absolute Gasteiger partial charge is 0.355 e. The zero-order valence-corrected chi connectivity index (χ0v) is 11.8. The third kappa shape index (κ3) is 4.04. The minimum Gasteiger partial charge on any atom is -0.355 e. The van der Waals surface area contributed by atoms with Crippen molar-refractivity contribution in [3.05, 3.63) is 35.4 Å². The molecule has 1 aliphatic rings. The van der Waals surface area contributed by atoms with E-state index in [-0.39, 0.29) is 11.9 Å². The summed E-state index contributed by atoms with van der Waals surface area (Å²) in [6.07, 6.45) is 1.78. The molecule has 1 amide bonds. The second kappa shape index (κ2) is 6.68. The van der Waals surface area contributed by atoms with Crippen molar-refractivity contribution in [3.8, 4) is 0 Å². The van der Waals surface area contributed by atoms with E-state index in [0.29, 0.717) is 0 Å². The topological polar surface area (TPSA) is 44.4 Å². The van der Waals surface area contributed by atoms with Crippen molar-refractivity contribution in [2.24, 2.45) is 0 Å². The minimum absolute atomic E-state index is 0.0887. The lowest BCUT2D eigenvalue weighted by atomic mass is 9.95. The van der Waals surface area contributed by atoms with Gasteiger partial charge in [0.1, 0.15) is 0 Å². The maximum Gasteiger partial charge on any atom is 0.237 e. The highest BCUT2D eigenvalue weighted by Crippen LogP contribution is 2.16. The van der Waals surface area contributed by atoms with Crippen molar-refractivity contribution in [3.63, 3.8) is 0 Å². The van der Waals surface area contributed by atoms with Gasteiger partial charge in [-0.1, -0.05) is 24.3 Å². The van der Waals surface area contributed by atoms with Crippen LogP contribution < -0.4 is 10.6 Å². The van der Waals surface area contributed by atoms with Crippen molar-refractivity contribution in [1.82, 2.24) is 15.5 Å². The maximum atomic E-state index is 12.1. The third-order valence-corrected chi connectivity index (χ3v) is 3.48. The quantitative estimate of drug-likeness (QED) is 0.770. The van der Waals surface area contributed by atoms with E-state index in [0.717, 1.165) is 32.5 Å². The van der Waals surface area contributed by atoms with Gasteiger partial charge in [-0.05, 0) is 44.6 Å². The highest BCUT2D eigenvalue weighted by atomic mass is 16.2. The monoisotopic (exact) mass is 261 g/mol. The fraction of sp³-hybridized carbons (Fsp3) is 0.533. The predicted molar refractivity (Wildman–Crippen MR) is 77.0 cm³/mol. The van der Waals surface area contributed by atoms with Gasteiger partial charge in [-0.15, -0.1) is 0 Å². The molecule has 0 fully saturated rings. The van der Waals surface area contributed by atoms with Crippen LogP contribution in [-0.2, 0) is 17.8 Å². The number of carbonyl (C=O) groups excluding carboxylic acids is 1. The van der Waals surface area contributed by atoms with E-state index in [1.54, 1.807) is 0 Å². The first-order chi connectivity index (χ1) is 9.16. The molecule has 0 aliphatic carbocycles. The number of benzene rings is 1. The molecule has 0 aromatic heterocycles. The normalized spacial score (nSPS) is 18.2. The zero-order chi connectivity index (χ0) is 13.7. The molecule has 1 unspecified atom stereocenters. The summed E-state index contributed by atoms with van der Waals surface area (Å²) in [6.45, 7) is 2.53. The molecule has 4 nitrogen and oxygen atoms in total. The molecule has 0 bridgehead atoms. The van der Waals surface area contributed by atoms with Crippen molar-refractivity contribution in [2.45, 2.75) is 25.4 Å². The summed E-state index contributed by atoms with van der Waals surface area (Å²) >= 11 is 0. The van der Waals surface area contributed by atoms with Gasteiger partial charge in [0.25, 0.3) is 0 Å². The number of nitrogens with one attached hydrogen (secondary N) is 2. The van der Waals surface area contributed by atoms with Gasteiger partial charge in [0.15, 0.2) is 0 Å². The van der Waals surface area contributed by atoms with Crippen LogP contribution in [0.1, 0.15) is 17.5 Å². The first-order valence-electron chi connectivity index (χ1n) is 6.89. The zero-order valence-electron chi connectivity index (χ0n) is 11.8. The average molecular weight is 261 g/mol. The van der Waals surface area contributed by atoms with Crippen molar-refractivity contribution in [2.75, 3.05) is 27.2 Å². The Hall–Kier alpha value is -1.39. The number of rotatable bonds is 5. The van der Waals surface area contributed by atoms with Gasteiger partial charge in [0.2, 0.25) is 5.91 Å². The van der Waals surface area contributed by atoms with Gasteiger partial charge in [0.05, 0.1) is 6.04 Å². The summed E-state index contributed by atoms with van der Waals surface area (Å²) < 4.78 is 0. The molecule has 2 rings (SSSR count). The fourth-order valence-corrected chi connectivity index (χ4v) is 2.37. The molecule has 4 heteroatoms. The average Bonchev–Trinajstić information content (AvgIpc) is 2.42. The molecule has 0 saturated carbocycles. The molecule has 1 heterocycles. The molecule has 2 N–H and O–H groups in total.